The van der Waals surface area contributed by atoms with Crippen LogP contribution in [0.3, 0.4) is 0 Å². The van der Waals surface area contributed by atoms with Gasteiger partial charge in [0.15, 0.2) is 11.5 Å². The van der Waals surface area contributed by atoms with Gasteiger partial charge in [-0.1, -0.05) is 0 Å². The normalized spacial score (nSPS) is 15.7. The third-order valence-corrected chi connectivity index (χ3v) is 4.11. The van der Waals surface area contributed by atoms with Crippen LogP contribution in [-0.2, 0) is 4.79 Å². The number of aromatic amines is 1. The lowest BCUT2D eigenvalue weighted by molar-refractivity contribution is -0.130. The number of H-pyrrole nitrogens is 1. The van der Waals surface area contributed by atoms with E-state index in [9.17, 15) is 9.59 Å². The summed E-state index contributed by atoms with van der Waals surface area (Å²) in [7, 11) is 1.56. The zero-order valence-electron chi connectivity index (χ0n) is 13.2. The number of carbonyl (C=O) groups is 1. The highest BCUT2D eigenvalue weighted by molar-refractivity contribution is 5.81. The number of nitrogens with one attached hydrogen (secondary N) is 1. The van der Waals surface area contributed by atoms with Crippen LogP contribution in [-0.4, -0.2) is 47.1 Å². The van der Waals surface area contributed by atoms with E-state index in [1.54, 1.807) is 26.2 Å². The molecule has 1 N–H and O–H groups in total. The number of methoxy groups -OCH3 is 1. The van der Waals surface area contributed by atoms with E-state index in [4.69, 9.17) is 9.47 Å². The van der Waals surface area contributed by atoms with Crippen molar-refractivity contribution in [2.24, 2.45) is 0 Å². The van der Waals surface area contributed by atoms with E-state index in [0.717, 1.165) is 12.8 Å². The molecule has 2 heterocycles. The van der Waals surface area contributed by atoms with Crippen molar-refractivity contribution in [1.29, 1.82) is 0 Å². The van der Waals surface area contributed by atoms with Gasteiger partial charge >= 0.3 is 0 Å². The molecule has 1 amide bonds. The van der Waals surface area contributed by atoms with E-state index < -0.39 is 0 Å². The third-order valence-electron chi connectivity index (χ3n) is 4.11. The summed E-state index contributed by atoms with van der Waals surface area (Å²) in [5.74, 6) is 1.16. The minimum atomic E-state index is -0.214. The summed E-state index contributed by atoms with van der Waals surface area (Å²) in [5, 5.41) is 0.462. The van der Waals surface area contributed by atoms with Crippen molar-refractivity contribution in [1.82, 2.24) is 14.9 Å². The molecule has 1 aliphatic rings. The van der Waals surface area contributed by atoms with Crippen LogP contribution in [0.5, 0.6) is 11.5 Å². The highest BCUT2D eigenvalue weighted by Crippen LogP contribution is 2.32. The fraction of sp³-hybridized carbons (Fsp3) is 0.438. The van der Waals surface area contributed by atoms with Crippen LogP contribution in [0, 0.1) is 0 Å². The maximum atomic E-state index is 11.9. The fourth-order valence-electron chi connectivity index (χ4n) is 2.80. The van der Waals surface area contributed by atoms with E-state index in [0.29, 0.717) is 35.5 Å². The molecular formula is C16H19N3O4. The number of hydrogen-bond donors (Lipinski definition) is 1. The van der Waals surface area contributed by atoms with Crippen LogP contribution in [0.4, 0.5) is 0 Å². The molecule has 1 aliphatic heterocycles. The lowest BCUT2D eigenvalue weighted by Crippen LogP contribution is -2.40. The maximum Gasteiger partial charge on any atom is 0.258 e. The minimum absolute atomic E-state index is 0.00676. The van der Waals surface area contributed by atoms with Crippen LogP contribution in [0.1, 0.15) is 19.8 Å². The lowest BCUT2D eigenvalue weighted by atomic mass is 10.1. The number of rotatable bonds is 3. The van der Waals surface area contributed by atoms with Gasteiger partial charge in [-0.3, -0.25) is 9.59 Å². The lowest BCUT2D eigenvalue weighted by Gasteiger charge is -2.31. The second-order valence-electron chi connectivity index (χ2n) is 5.58. The quantitative estimate of drug-likeness (QED) is 0.923. The highest BCUT2D eigenvalue weighted by atomic mass is 16.5. The molecule has 23 heavy (non-hydrogen) atoms. The standard InChI is InChI=1S/C16H19N3O4/c1-10(20)19-5-3-11(4-6-19)23-15-7-12-13(8-14(15)22-2)17-9-18-16(12)21/h7-9,11H,3-6H2,1-2H3,(H,17,18,21). The first-order valence-corrected chi connectivity index (χ1v) is 7.56. The Morgan fingerprint density at radius 3 is 2.70 bits per heavy atom. The van der Waals surface area contributed by atoms with Crippen molar-refractivity contribution in [3.8, 4) is 11.5 Å². The molecule has 7 nitrogen and oxygen atoms in total. The van der Waals surface area contributed by atoms with Crippen LogP contribution >= 0.6 is 0 Å². The Labute approximate surface area is 133 Å². The van der Waals surface area contributed by atoms with Gasteiger partial charge in [-0.05, 0) is 6.07 Å². The molecule has 0 bridgehead atoms. The summed E-state index contributed by atoms with van der Waals surface area (Å²) < 4.78 is 11.4. The Morgan fingerprint density at radius 1 is 1.30 bits per heavy atom. The Kier molecular flexibility index (Phi) is 4.18. The van der Waals surface area contributed by atoms with Gasteiger partial charge in [-0.25, -0.2) is 4.98 Å². The summed E-state index contributed by atoms with van der Waals surface area (Å²) in [6, 6.07) is 3.36. The summed E-state index contributed by atoms with van der Waals surface area (Å²) >= 11 is 0. The van der Waals surface area contributed by atoms with E-state index in [-0.39, 0.29) is 17.6 Å². The molecule has 2 aromatic rings. The number of nitrogens with zero attached hydrogens (tertiary/aromatic N) is 2. The number of hydrogen-bond acceptors (Lipinski definition) is 5. The number of amides is 1. The number of likely N-dealkylation sites (tertiary alicyclic amines) is 1. The number of carbonyl (C=O) groups excluding carboxylic acids is 1. The second kappa shape index (κ2) is 6.28. The second-order valence-corrected chi connectivity index (χ2v) is 5.58. The zero-order valence-corrected chi connectivity index (χ0v) is 13.2. The average molecular weight is 317 g/mol. The van der Waals surface area contributed by atoms with Crippen LogP contribution in [0.15, 0.2) is 23.3 Å². The van der Waals surface area contributed by atoms with Crippen molar-refractivity contribution in [3.63, 3.8) is 0 Å². The van der Waals surface area contributed by atoms with Gasteiger partial charge < -0.3 is 19.4 Å². The summed E-state index contributed by atoms with van der Waals surface area (Å²) in [6.45, 7) is 2.93. The maximum absolute atomic E-state index is 11.9. The number of piperidine rings is 1. The van der Waals surface area contributed by atoms with Gasteiger partial charge in [0, 0.05) is 38.9 Å². The smallest absolute Gasteiger partial charge is 0.258 e. The molecular weight excluding hydrogens is 298 g/mol. The van der Waals surface area contributed by atoms with Gasteiger partial charge in [0.25, 0.3) is 5.56 Å². The van der Waals surface area contributed by atoms with Crippen LogP contribution in [0.2, 0.25) is 0 Å². The number of ether oxygens (including phenoxy) is 2. The molecule has 1 aromatic heterocycles. The molecule has 3 rings (SSSR count). The third kappa shape index (κ3) is 3.13. The predicted octanol–water partition coefficient (Wildman–Crippen LogP) is 1.32. The van der Waals surface area contributed by atoms with E-state index in [1.165, 1.54) is 6.33 Å². The average Bonchev–Trinajstić information content (AvgIpc) is 2.55. The van der Waals surface area contributed by atoms with Crippen LogP contribution < -0.4 is 15.0 Å². The van der Waals surface area contributed by atoms with Crippen LogP contribution in [0.25, 0.3) is 10.9 Å². The van der Waals surface area contributed by atoms with E-state index in [2.05, 4.69) is 9.97 Å². The van der Waals surface area contributed by atoms with Gasteiger partial charge in [-0.2, -0.15) is 0 Å². The molecule has 0 atom stereocenters. The monoisotopic (exact) mass is 317 g/mol. The zero-order chi connectivity index (χ0) is 16.4. The molecule has 0 aliphatic carbocycles. The summed E-state index contributed by atoms with van der Waals surface area (Å²) in [5.41, 5.74) is 0.346. The number of benzene rings is 1. The molecule has 122 valence electrons. The van der Waals surface area contributed by atoms with Gasteiger partial charge in [-0.15, -0.1) is 0 Å². The Balaban J connectivity index is 1.84. The van der Waals surface area contributed by atoms with Crippen molar-refractivity contribution < 1.29 is 14.3 Å². The molecule has 0 spiro atoms. The SMILES string of the molecule is COc1cc2nc[nH]c(=O)c2cc1OC1CCN(C(C)=O)CC1. The van der Waals surface area contributed by atoms with E-state index in [1.807, 2.05) is 4.90 Å². The highest BCUT2D eigenvalue weighted by Gasteiger charge is 2.23. The van der Waals surface area contributed by atoms with Crippen molar-refractivity contribution in [2.45, 2.75) is 25.9 Å². The molecule has 0 unspecified atom stereocenters. The van der Waals surface area contributed by atoms with E-state index >= 15 is 0 Å². The Hall–Kier alpha value is -2.57. The number of fused-ring (bicyclic) bond motifs is 1. The topological polar surface area (TPSA) is 84.5 Å². The van der Waals surface area contributed by atoms with Gasteiger partial charge in [0.2, 0.25) is 5.91 Å². The summed E-state index contributed by atoms with van der Waals surface area (Å²) in [6.07, 6.45) is 2.86. The first-order chi connectivity index (χ1) is 11.1. The van der Waals surface area contributed by atoms with Crippen molar-refractivity contribution >= 4 is 16.8 Å². The first-order valence-electron chi connectivity index (χ1n) is 7.56. The molecule has 0 saturated carbocycles. The number of aromatic nitrogens is 2. The first kappa shape index (κ1) is 15.3. The van der Waals surface area contributed by atoms with Crippen molar-refractivity contribution in [2.75, 3.05) is 20.2 Å². The summed E-state index contributed by atoms with van der Waals surface area (Å²) in [4.78, 5) is 31.8. The molecule has 7 heteroatoms. The predicted molar refractivity (Wildman–Crippen MR) is 84.8 cm³/mol. The molecule has 1 saturated heterocycles. The van der Waals surface area contributed by atoms with Crippen molar-refractivity contribution in [3.05, 3.63) is 28.8 Å². The van der Waals surface area contributed by atoms with Gasteiger partial charge in [0.05, 0.1) is 24.3 Å². The Bertz CT molecular complexity index is 778. The largest absolute Gasteiger partial charge is 0.493 e. The molecule has 1 fully saturated rings. The van der Waals surface area contributed by atoms with Gasteiger partial charge in [0.1, 0.15) is 6.10 Å². The fourth-order valence-corrected chi connectivity index (χ4v) is 2.80. The Morgan fingerprint density at radius 2 is 2.04 bits per heavy atom. The molecule has 0 radical (unpaired) electrons. The minimum Gasteiger partial charge on any atom is -0.493 e. The molecule has 1 aromatic carbocycles.